The first-order chi connectivity index (χ1) is 11.5. The molecule has 1 saturated heterocycles. The molecule has 1 aromatic carbocycles. The summed E-state index contributed by atoms with van der Waals surface area (Å²) < 4.78 is 4.94. The summed E-state index contributed by atoms with van der Waals surface area (Å²) in [4.78, 5) is 1.51. The molecule has 0 saturated carbocycles. The predicted molar refractivity (Wildman–Crippen MR) is 106 cm³/mol. The molecule has 2 aromatic rings. The highest BCUT2D eigenvalue weighted by Gasteiger charge is 2.32. The Balaban J connectivity index is 0.000000448. The molecule has 0 amide bonds. The van der Waals surface area contributed by atoms with Crippen molar-refractivity contribution in [2.45, 2.75) is 65.7 Å². The molecule has 25 heavy (non-hydrogen) atoms. The van der Waals surface area contributed by atoms with E-state index in [9.17, 15) is 0 Å². The van der Waals surface area contributed by atoms with Crippen LogP contribution in [0.4, 0.5) is 0 Å². The van der Waals surface area contributed by atoms with E-state index >= 15 is 0 Å². The summed E-state index contributed by atoms with van der Waals surface area (Å²) in [5, 5.41) is 2.27. The van der Waals surface area contributed by atoms with Crippen LogP contribution in [0.1, 0.15) is 66.7 Å². The van der Waals surface area contributed by atoms with Gasteiger partial charge in [0.15, 0.2) is 0 Å². The quantitative estimate of drug-likeness (QED) is 0.729. The standard InChI is InChI=1S/C18H24S.C4H8O.BrH/c1-6-18(7-2,17-10-13(3)12-19-17)16-9-8-14(4)15(5)11-16;1-2-4-5-3-1;/h8-12H,6-7H2,1-5H3;1-4H2;1H/p-1. The minimum Gasteiger partial charge on any atom is -1.00 e. The summed E-state index contributed by atoms with van der Waals surface area (Å²) in [5.74, 6) is 0. The molecule has 1 fully saturated rings. The van der Waals surface area contributed by atoms with Gasteiger partial charge in [0.25, 0.3) is 0 Å². The van der Waals surface area contributed by atoms with Gasteiger partial charge < -0.3 is 21.7 Å². The fourth-order valence-electron chi connectivity index (χ4n) is 3.38. The molecule has 140 valence electrons. The molecule has 0 bridgehead atoms. The summed E-state index contributed by atoms with van der Waals surface area (Å²) in [6, 6.07) is 9.35. The molecule has 1 nitrogen and oxygen atoms in total. The van der Waals surface area contributed by atoms with Crippen molar-refractivity contribution in [3.63, 3.8) is 0 Å². The van der Waals surface area contributed by atoms with Gasteiger partial charge in [0, 0.05) is 23.5 Å². The zero-order valence-corrected chi connectivity index (χ0v) is 18.7. The highest BCUT2D eigenvalue weighted by molar-refractivity contribution is 7.10. The lowest BCUT2D eigenvalue weighted by Gasteiger charge is -2.32. The molecule has 0 unspecified atom stereocenters. The van der Waals surface area contributed by atoms with Gasteiger partial charge in [0.1, 0.15) is 0 Å². The second-order valence-corrected chi connectivity index (χ2v) is 7.81. The molecular formula is C22H32BrOS-. The molecule has 0 N–H and O–H groups in total. The topological polar surface area (TPSA) is 9.23 Å². The Morgan fingerprint density at radius 2 is 1.60 bits per heavy atom. The molecule has 0 atom stereocenters. The van der Waals surface area contributed by atoms with E-state index in [1.165, 1.54) is 40.0 Å². The van der Waals surface area contributed by atoms with Gasteiger partial charge in [-0.15, -0.1) is 11.3 Å². The maximum Gasteiger partial charge on any atom is 0.0466 e. The highest BCUT2D eigenvalue weighted by atomic mass is 79.9. The summed E-state index contributed by atoms with van der Waals surface area (Å²) >= 11 is 1.91. The van der Waals surface area contributed by atoms with Gasteiger partial charge in [-0.3, -0.25) is 0 Å². The van der Waals surface area contributed by atoms with E-state index in [-0.39, 0.29) is 22.4 Å². The average molecular weight is 424 g/mol. The van der Waals surface area contributed by atoms with Crippen LogP contribution >= 0.6 is 11.3 Å². The number of thiophene rings is 1. The first kappa shape index (κ1) is 22.4. The van der Waals surface area contributed by atoms with Crippen LogP contribution in [0.2, 0.25) is 0 Å². The normalized spacial score (nSPS) is 13.8. The van der Waals surface area contributed by atoms with E-state index in [0.29, 0.717) is 0 Å². The van der Waals surface area contributed by atoms with Gasteiger partial charge in [0.05, 0.1) is 0 Å². The van der Waals surface area contributed by atoms with Crippen LogP contribution < -0.4 is 17.0 Å². The molecule has 0 aliphatic carbocycles. The fraction of sp³-hybridized carbons (Fsp3) is 0.545. The Morgan fingerprint density at radius 3 is 2.00 bits per heavy atom. The van der Waals surface area contributed by atoms with Gasteiger partial charge in [0.2, 0.25) is 0 Å². The second kappa shape index (κ2) is 10.5. The Hall–Kier alpha value is -0.640. The van der Waals surface area contributed by atoms with Crippen LogP contribution in [0.5, 0.6) is 0 Å². The summed E-state index contributed by atoms with van der Waals surface area (Å²) in [5.41, 5.74) is 5.83. The lowest BCUT2D eigenvalue weighted by Crippen LogP contribution is -3.00. The van der Waals surface area contributed by atoms with Crippen molar-refractivity contribution < 1.29 is 21.7 Å². The Bertz CT molecular complexity index is 632. The smallest absolute Gasteiger partial charge is 0.0466 e. The number of ether oxygens (including phenoxy) is 1. The number of hydrogen-bond donors (Lipinski definition) is 0. The summed E-state index contributed by atoms with van der Waals surface area (Å²) in [7, 11) is 0. The van der Waals surface area contributed by atoms with Crippen LogP contribution in [-0.4, -0.2) is 13.2 Å². The monoisotopic (exact) mass is 423 g/mol. The van der Waals surface area contributed by atoms with Crippen LogP contribution in [0.25, 0.3) is 0 Å². The summed E-state index contributed by atoms with van der Waals surface area (Å²) in [6.45, 7) is 13.2. The Kier molecular flexibility index (Phi) is 9.40. The zero-order valence-electron chi connectivity index (χ0n) is 16.3. The number of hydrogen-bond acceptors (Lipinski definition) is 2. The van der Waals surface area contributed by atoms with Crippen LogP contribution in [0.3, 0.4) is 0 Å². The molecule has 1 aliphatic heterocycles. The number of benzene rings is 1. The van der Waals surface area contributed by atoms with Crippen molar-refractivity contribution in [3.05, 3.63) is 56.8 Å². The molecule has 3 rings (SSSR count). The predicted octanol–water partition coefficient (Wildman–Crippen LogP) is 3.58. The van der Waals surface area contributed by atoms with E-state index in [1.54, 1.807) is 0 Å². The maximum atomic E-state index is 4.94. The second-order valence-electron chi connectivity index (χ2n) is 6.90. The van der Waals surface area contributed by atoms with Crippen molar-refractivity contribution in [2.75, 3.05) is 13.2 Å². The first-order valence-corrected chi connectivity index (χ1v) is 10.1. The van der Waals surface area contributed by atoms with Crippen LogP contribution in [-0.2, 0) is 10.2 Å². The van der Waals surface area contributed by atoms with Crippen molar-refractivity contribution in [1.82, 2.24) is 0 Å². The molecule has 3 heteroatoms. The molecule has 1 aliphatic rings. The maximum absolute atomic E-state index is 4.94. The first-order valence-electron chi connectivity index (χ1n) is 9.24. The SMILES string of the molecule is C1CCOC1.CCC(CC)(c1ccc(C)c(C)c1)c1cc(C)cs1.[Br-]. The molecule has 0 radical (unpaired) electrons. The average Bonchev–Trinajstić information content (AvgIpc) is 3.28. The third kappa shape index (κ3) is 5.42. The van der Waals surface area contributed by atoms with Gasteiger partial charge in [-0.25, -0.2) is 0 Å². The van der Waals surface area contributed by atoms with Gasteiger partial charge in [-0.2, -0.15) is 0 Å². The minimum atomic E-state index is 0. The van der Waals surface area contributed by atoms with E-state index in [2.05, 4.69) is 64.3 Å². The largest absolute Gasteiger partial charge is 1.00 e. The zero-order chi connectivity index (χ0) is 17.6. The van der Waals surface area contributed by atoms with Crippen molar-refractivity contribution in [1.29, 1.82) is 0 Å². The van der Waals surface area contributed by atoms with E-state index in [4.69, 9.17) is 4.74 Å². The third-order valence-corrected chi connectivity index (χ3v) is 6.55. The Morgan fingerprint density at radius 1 is 0.960 bits per heavy atom. The van der Waals surface area contributed by atoms with Crippen molar-refractivity contribution in [2.24, 2.45) is 0 Å². The van der Waals surface area contributed by atoms with E-state index < -0.39 is 0 Å². The number of halogens is 1. The number of rotatable bonds is 4. The molecule has 1 aromatic heterocycles. The molecule has 2 heterocycles. The molecular weight excluding hydrogens is 392 g/mol. The lowest BCUT2D eigenvalue weighted by molar-refractivity contribution is -0.00000575. The van der Waals surface area contributed by atoms with Crippen molar-refractivity contribution in [3.8, 4) is 0 Å². The third-order valence-electron chi connectivity index (χ3n) is 5.30. The van der Waals surface area contributed by atoms with Gasteiger partial charge in [-0.05, 0) is 80.2 Å². The van der Waals surface area contributed by atoms with Gasteiger partial charge in [-0.1, -0.05) is 32.0 Å². The van der Waals surface area contributed by atoms with E-state index in [1.807, 2.05) is 11.3 Å². The van der Waals surface area contributed by atoms with Crippen molar-refractivity contribution >= 4 is 11.3 Å². The van der Waals surface area contributed by atoms with Gasteiger partial charge >= 0.3 is 0 Å². The lowest BCUT2D eigenvalue weighted by atomic mass is 9.74. The fourth-order valence-corrected chi connectivity index (χ4v) is 4.65. The van der Waals surface area contributed by atoms with Crippen LogP contribution in [0.15, 0.2) is 29.6 Å². The Labute approximate surface area is 168 Å². The number of aryl methyl sites for hydroxylation is 3. The summed E-state index contributed by atoms with van der Waals surface area (Å²) in [6.07, 6.45) is 4.87. The molecule has 0 spiro atoms. The highest BCUT2D eigenvalue weighted by Crippen LogP contribution is 2.42. The minimum absolute atomic E-state index is 0. The van der Waals surface area contributed by atoms with E-state index in [0.717, 1.165) is 26.1 Å². The van der Waals surface area contributed by atoms with Crippen LogP contribution in [0, 0.1) is 20.8 Å².